The Balaban J connectivity index is 0.000000479. The molecule has 33 heavy (non-hydrogen) atoms. The molecule has 1 aliphatic heterocycles. The van der Waals surface area contributed by atoms with E-state index in [1.807, 2.05) is 15.6 Å². The topological polar surface area (TPSA) is 78.7 Å². The van der Waals surface area contributed by atoms with Gasteiger partial charge in [-0.2, -0.15) is 18.3 Å². The first-order valence-electron chi connectivity index (χ1n) is 10.6. The van der Waals surface area contributed by atoms with Crippen LogP contribution >= 0.6 is 0 Å². The molecular weight excluding hydrogens is 444 g/mol. The Hall–Kier alpha value is -2.95. The number of benzene rings is 1. The third-order valence-corrected chi connectivity index (χ3v) is 5.37. The van der Waals surface area contributed by atoms with Crippen molar-refractivity contribution >= 4 is 11.9 Å². The summed E-state index contributed by atoms with van der Waals surface area (Å²) in [6.45, 7) is 9.22. The molecule has 1 atom stereocenters. The number of carbonyl (C=O) groups excluding carboxylic acids is 1. The van der Waals surface area contributed by atoms with E-state index in [1.54, 1.807) is 24.4 Å². The van der Waals surface area contributed by atoms with Crippen molar-refractivity contribution in [1.82, 2.24) is 19.6 Å². The van der Waals surface area contributed by atoms with Crippen LogP contribution in [0.3, 0.4) is 0 Å². The molecule has 3 rings (SSSR count). The maximum Gasteiger partial charge on any atom is 0.490 e. The zero-order chi connectivity index (χ0) is 24.6. The molecule has 182 valence electrons. The standard InChI is InChI=1S/C20H27FN4O.C2HF3O2/c1-3-23(4-2)12-16-13-24(15-18-9-10-22-25(18)14-16)20(26)11-17-7-5-6-8-19(17)21;3-2(4,5)1(6)7/h5-10,16H,3-4,11-15H2,1-2H3;(H,6,7). The number of halogens is 4. The molecule has 1 amide bonds. The number of amides is 1. The molecule has 0 radical (unpaired) electrons. The second-order valence-corrected chi connectivity index (χ2v) is 7.70. The quantitative estimate of drug-likeness (QED) is 0.654. The highest BCUT2D eigenvalue weighted by Gasteiger charge is 2.38. The lowest BCUT2D eigenvalue weighted by molar-refractivity contribution is -0.192. The highest BCUT2D eigenvalue weighted by atomic mass is 19.4. The molecule has 2 aromatic rings. The average molecular weight is 472 g/mol. The first kappa shape index (κ1) is 26.3. The average Bonchev–Trinajstić information content (AvgIpc) is 3.11. The second kappa shape index (κ2) is 11.8. The van der Waals surface area contributed by atoms with E-state index in [0.717, 1.165) is 31.9 Å². The van der Waals surface area contributed by atoms with Crippen LogP contribution in [0, 0.1) is 11.7 Å². The van der Waals surface area contributed by atoms with Gasteiger partial charge in [-0.15, -0.1) is 0 Å². The van der Waals surface area contributed by atoms with Gasteiger partial charge in [-0.3, -0.25) is 9.48 Å². The Morgan fingerprint density at radius 2 is 1.79 bits per heavy atom. The van der Waals surface area contributed by atoms with E-state index >= 15 is 0 Å². The predicted octanol–water partition coefficient (Wildman–Crippen LogP) is 3.20. The molecule has 1 aromatic heterocycles. The largest absolute Gasteiger partial charge is 0.490 e. The van der Waals surface area contributed by atoms with Crippen LogP contribution in [0.15, 0.2) is 36.5 Å². The fourth-order valence-electron chi connectivity index (χ4n) is 3.60. The number of rotatable bonds is 6. The fraction of sp³-hybridized carbons (Fsp3) is 0.500. The molecule has 0 fully saturated rings. The number of hydrogen-bond donors (Lipinski definition) is 1. The van der Waals surface area contributed by atoms with Crippen molar-refractivity contribution in [3.63, 3.8) is 0 Å². The number of aliphatic carboxylic acids is 1. The van der Waals surface area contributed by atoms with Gasteiger partial charge in [-0.1, -0.05) is 32.0 Å². The van der Waals surface area contributed by atoms with Crippen LogP contribution in [-0.2, 0) is 29.1 Å². The van der Waals surface area contributed by atoms with Crippen molar-refractivity contribution in [3.05, 3.63) is 53.6 Å². The van der Waals surface area contributed by atoms with Crippen molar-refractivity contribution < 1.29 is 32.3 Å². The van der Waals surface area contributed by atoms with Gasteiger partial charge in [0.15, 0.2) is 0 Å². The highest BCUT2D eigenvalue weighted by molar-refractivity contribution is 5.78. The summed E-state index contributed by atoms with van der Waals surface area (Å²) in [5.41, 5.74) is 1.49. The summed E-state index contributed by atoms with van der Waals surface area (Å²) in [4.78, 5) is 26.0. The summed E-state index contributed by atoms with van der Waals surface area (Å²) in [6, 6.07) is 8.47. The Morgan fingerprint density at radius 1 is 1.15 bits per heavy atom. The molecular formula is C22H28F4N4O3. The molecule has 1 N–H and O–H groups in total. The van der Waals surface area contributed by atoms with Crippen molar-refractivity contribution in [1.29, 1.82) is 0 Å². The van der Waals surface area contributed by atoms with Gasteiger partial charge in [0.2, 0.25) is 5.91 Å². The maximum absolute atomic E-state index is 13.9. The Morgan fingerprint density at radius 3 is 2.36 bits per heavy atom. The smallest absolute Gasteiger partial charge is 0.475 e. The zero-order valence-corrected chi connectivity index (χ0v) is 18.6. The summed E-state index contributed by atoms with van der Waals surface area (Å²) in [5.74, 6) is -2.80. The number of carboxylic acid groups (broad SMARTS) is 1. The van der Waals surface area contributed by atoms with Gasteiger partial charge < -0.3 is 14.9 Å². The van der Waals surface area contributed by atoms with Gasteiger partial charge in [0.1, 0.15) is 5.82 Å². The lowest BCUT2D eigenvalue weighted by atomic mass is 10.1. The molecule has 1 aliphatic rings. The number of fused-ring (bicyclic) bond motifs is 1. The van der Waals surface area contributed by atoms with E-state index in [0.29, 0.717) is 24.6 Å². The molecule has 0 spiro atoms. The summed E-state index contributed by atoms with van der Waals surface area (Å²) < 4.78 is 47.7. The summed E-state index contributed by atoms with van der Waals surface area (Å²) in [5, 5.41) is 11.5. The van der Waals surface area contributed by atoms with Crippen LogP contribution in [0.4, 0.5) is 17.6 Å². The van der Waals surface area contributed by atoms with Crippen LogP contribution in [0.2, 0.25) is 0 Å². The number of carboxylic acids is 1. The Kier molecular flexibility index (Phi) is 9.39. The van der Waals surface area contributed by atoms with Crippen molar-refractivity contribution in [3.8, 4) is 0 Å². The minimum absolute atomic E-state index is 0.0331. The molecule has 1 aromatic carbocycles. The normalized spacial score (nSPS) is 16.0. The highest BCUT2D eigenvalue weighted by Crippen LogP contribution is 2.19. The van der Waals surface area contributed by atoms with E-state index in [4.69, 9.17) is 9.90 Å². The molecule has 0 bridgehead atoms. The van der Waals surface area contributed by atoms with Crippen molar-refractivity contribution in [2.75, 3.05) is 26.2 Å². The number of aromatic nitrogens is 2. The predicted molar refractivity (Wildman–Crippen MR) is 113 cm³/mol. The van der Waals surface area contributed by atoms with E-state index in [-0.39, 0.29) is 18.1 Å². The molecule has 0 aliphatic carbocycles. The lowest BCUT2D eigenvalue weighted by Gasteiger charge is -2.28. The van der Waals surface area contributed by atoms with Crippen LogP contribution in [-0.4, -0.2) is 68.9 Å². The van der Waals surface area contributed by atoms with Crippen LogP contribution in [0.5, 0.6) is 0 Å². The van der Waals surface area contributed by atoms with Gasteiger partial charge in [-0.05, 0) is 30.8 Å². The van der Waals surface area contributed by atoms with Crippen LogP contribution < -0.4 is 0 Å². The molecule has 2 heterocycles. The molecule has 0 saturated heterocycles. The molecule has 1 unspecified atom stereocenters. The molecule has 11 heteroatoms. The minimum Gasteiger partial charge on any atom is -0.475 e. The van der Waals surface area contributed by atoms with Gasteiger partial charge in [0.05, 0.1) is 18.7 Å². The Bertz CT molecular complexity index is 928. The number of alkyl halides is 3. The van der Waals surface area contributed by atoms with E-state index < -0.39 is 12.1 Å². The zero-order valence-electron chi connectivity index (χ0n) is 18.6. The fourth-order valence-corrected chi connectivity index (χ4v) is 3.60. The minimum atomic E-state index is -5.08. The number of hydrogen-bond acceptors (Lipinski definition) is 4. The van der Waals surface area contributed by atoms with Crippen molar-refractivity contribution in [2.45, 2.75) is 39.5 Å². The molecule has 7 nitrogen and oxygen atoms in total. The van der Waals surface area contributed by atoms with Gasteiger partial charge in [-0.25, -0.2) is 9.18 Å². The second-order valence-electron chi connectivity index (χ2n) is 7.70. The van der Waals surface area contributed by atoms with Crippen LogP contribution in [0.1, 0.15) is 25.1 Å². The maximum atomic E-state index is 13.9. The first-order valence-corrected chi connectivity index (χ1v) is 10.6. The third-order valence-electron chi connectivity index (χ3n) is 5.37. The first-order chi connectivity index (χ1) is 15.5. The van der Waals surface area contributed by atoms with Gasteiger partial charge in [0, 0.05) is 31.7 Å². The van der Waals surface area contributed by atoms with E-state index in [9.17, 15) is 22.4 Å². The van der Waals surface area contributed by atoms with Crippen LogP contribution in [0.25, 0.3) is 0 Å². The SMILES string of the molecule is CCN(CC)CC1CN(C(=O)Cc2ccccc2F)Cc2ccnn2C1.O=C(O)C(F)(F)F. The molecule has 0 saturated carbocycles. The number of nitrogens with zero attached hydrogens (tertiary/aromatic N) is 4. The monoisotopic (exact) mass is 472 g/mol. The third kappa shape index (κ3) is 7.85. The summed E-state index contributed by atoms with van der Waals surface area (Å²) >= 11 is 0. The number of carbonyl (C=O) groups is 2. The van der Waals surface area contributed by atoms with Crippen molar-refractivity contribution in [2.24, 2.45) is 5.92 Å². The van der Waals surface area contributed by atoms with E-state index in [1.165, 1.54) is 6.07 Å². The Labute approximate surface area is 189 Å². The summed E-state index contributed by atoms with van der Waals surface area (Å²) in [6.07, 6.45) is -3.20. The van der Waals surface area contributed by atoms with Gasteiger partial charge in [0.25, 0.3) is 0 Å². The van der Waals surface area contributed by atoms with E-state index in [2.05, 4.69) is 23.8 Å². The van der Waals surface area contributed by atoms with Gasteiger partial charge >= 0.3 is 12.1 Å². The summed E-state index contributed by atoms with van der Waals surface area (Å²) in [7, 11) is 0. The lowest BCUT2D eigenvalue weighted by Crippen LogP contribution is -2.39.